The van der Waals surface area contributed by atoms with Gasteiger partial charge < -0.3 is 42.9 Å². The highest BCUT2D eigenvalue weighted by atomic mass is 127. The standard InChI is InChI=1S/C60H96N4O4P.HI/c1-9-13-17-21-25-29-49-61(53-33-41-57(65-5)42-34-53)69(62(50-30-26-22-18-14-10-2)54-35-43-58(66-6)44-36-54,63(51-31-27-23-19-15-11-3)55-37-45-59(67-7)46-38-55)64(52-32-28-24-20-16-12-4)56-39-47-60(68-8)48-40-56;/h33-48H,9-32,49-52H2,1-8H3;1H/q+1;/p-1. The molecule has 0 fully saturated rings. The smallest absolute Gasteiger partial charge is 0.405 e. The van der Waals surface area contributed by atoms with Crippen molar-refractivity contribution in [3.8, 4) is 23.0 Å². The maximum Gasteiger partial charge on any atom is 0.405 e. The van der Waals surface area contributed by atoms with Gasteiger partial charge in [0, 0.05) is 0 Å². The van der Waals surface area contributed by atoms with Gasteiger partial charge in [0.05, 0.1) is 77.4 Å². The fourth-order valence-electron chi connectivity index (χ4n) is 9.64. The quantitative estimate of drug-likeness (QED) is 0.0248. The molecule has 392 valence electrons. The monoisotopic (exact) mass is 1090 g/mol. The van der Waals surface area contributed by atoms with Crippen molar-refractivity contribution < 1.29 is 42.9 Å². The summed E-state index contributed by atoms with van der Waals surface area (Å²) in [4.78, 5) is 0. The van der Waals surface area contributed by atoms with Crippen LogP contribution in [0, 0.1) is 0 Å². The van der Waals surface area contributed by atoms with E-state index in [2.05, 4.69) is 143 Å². The molecule has 0 radical (unpaired) electrons. The molecule has 0 aliphatic rings. The number of anilines is 4. The lowest BCUT2D eigenvalue weighted by Gasteiger charge is -2.53. The molecule has 4 rings (SSSR count). The number of benzene rings is 4. The van der Waals surface area contributed by atoms with Gasteiger partial charge in [0.2, 0.25) is 0 Å². The molecule has 0 spiro atoms. The lowest BCUT2D eigenvalue weighted by molar-refractivity contribution is -0.0000156. The summed E-state index contributed by atoms with van der Waals surface area (Å²) < 4.78 is 35.2. The van der Waals surface area contributed by atoms with Crippen LogP contribution in [0.15, 0.2) is 97.1 Å². The van der Waals surface area contributed by atoms with Crippen LogP contribution in [0.4, 0.5) is 22.7 Å². The van der Waals surface area contributed by atoms with E-state index in [9.17, 15) is 0 Å². The highest BCUT2D eigenvalue weighted by Gasteiger charge is 2.63. The summed E-state index contributed by atoms with van der Waals surface area (Å²) in [7, 11) is 4.13. The second-order valence-corrected chi connectivity index (χ2v) is 21.9. The van der Waals surface area contributed by atoms with Crippen LogP contribution in [0.3, 0.4) is 0 Å². The lowest BCUT2D eigenvalue weighted by atomic mass is 10.1. The van der Waals surface area contributed by atoms with Gasteiger partial charge in [0.1, 0.15) is 23.0 Å². The van der Waals surface area contributed by atoms with E-state index in [1.54, 1.807) is 28.4 Å². The average Bonchev–Trinajstić information content (AvgIpc) is 3.39. The van der Waals surface area contributed by atoms with Gasteiger partial charge in [-0.05, 0) is 123 Å². The third-order valence-corrected chi connectivity index (χ3v) is 18.0. The van der Waals surface area contributed by atoms with Crippen LogP contribution in [0.2, 0.25) is 0 Å². The van der Waals surface area contributed by atoms with Crippen LogP contribution in [-0.4, -0.2) is 54.6 Å². The minimum Gasteiger partial charge on any atom is -1.00 e. The maximum absolute atomic E-state index is 5.89. The van der Waals surface area contributed by atoms with Gasteiger partial charge in [0.25, 0.3) is 0 Å². The third kappa shape index (κ3) is 19.1. The number of hydrogen-bond donors (Lipinski definition) is 0. The Morgan fingerprint density at radius 2 is 0.443 bits per heavy atom. The first-order valence-electron chi connectivity index (χ1n) is 27.5. The number of ether oxygens (including phenoxy) is 4. The van der Waals surface area contributed by atoms with E-state index in [0.717, 1.165) is 74.9 Å². The van der Waals surface area contributed by atoms with Crippen LogP contribution in [0.5, 0.6) is 23.0 Å². The molecule has 0 bridgehead atoms. The molecular weight excluding hydrogens is 999 g/mol. The van der Waals surface area contributed by atoms with E-state index in [-0.39, 0.29) is 24.0 Å². The van der Waals surface area contributed by atoms with Gasteiger partial charge in [-0.2, -0.15) is 18.7 Å². The predicted octanol–water partition coefficient (Wildman–Crippen LogP) is 15.2. The summed E-state index contributed by atoms with van der Waals surface area (Å²) >= 11 is 0. The zero-order chi connectivity index (χ0) is 49.4. The molecule has 0 unspecified atom stereocenters. The molecule has 8 nitrogen and oxygen atoms in total. The number of halogens is 1. The molecule has 70 heavy (non-hydrogen) atoms. The van der Waals surface area contributed by atoms with Crippen LogP contribution < -0.4 is 61.6 Å². The highest BCUT2D eigenvalue weighted by Crippen LogP contribution is 2.74. The fourth-order valence-corrected chi connectivity index (χ4v) is 14.6. The third-order valence-electron chi connectivity index (χ3n) is 13.7. The van der Waals surface area contributed by atoms with Gasteiger partial charge in [-0.1, -0.05) is 156 Å². The van der Waals surface area contributed by atoms with E-state index >= 15 is 0 Å². The van der Waals surface area contributed by atoms with E-state index < -0.39 is 7.87 Å². The van der Waals surface area contributed by atoms with Crippen LogP contribution >= 0.6 is 7.87 Å². The summed E-state index contributed by atoms with van der Waals surface area (Å²) in [5, 5.41) is 0. The summed E-state index contributed by atoms with van der Waals surface area (Å²) in [5.74, 6) is 3.50. The molecule has 4 aromatic rings. The molecule has 0 aliphatic carbocycles. The summed E-state index contributed by atoms with van der Waals surface area (Å²) in [5.41, 5.74) is 4.90. The SMILES string of the molecule is CCCCCCCCN(c1ccc(OC)cc1)[P+](N(CCCCCCCC)c1ccc(OC)cc1)(N(CCCCCCCC)c1ccc(OC)cc1)N(CCCCCCCC)c1ccc(OC)cc1.[I-]. The first-order chi connectivity index (χ1) is 33.9. The highest BCUT2D eigenvalue weighted by molar-refractivity contribution is 7.81. The van der Waals surface area contributed by atoms with Gasteiger partial charge in [-0.15, -0.1) is 0 Å². The Hall–Kier alpha value is -3.56. The van der Waals surface area contributed by atoms with Gasteiger partial charge in [-0.25, -0.2) is 0 Å². The Kier molecular flexibility index (Phi) is 31.6. The van der Waals surface area contributed by atoms with Crippen molar-refractivity contribution in [2.75, 3.05) is 73.3 Å². The van der Waals surface area contributed by atoms with Gasteiger partial charge in [0.15, 0.2) is 0 Å². The van der Waals surface area contributed by atoms with Crippen LogP contribution in [0.1, 0.15) is 182 Å². The summed E-state index contributed by atoms with van der Waals surface area (Å²) in [6.45, 7) is 12.9. The predicted molar refractivity (Wildman–Crippen MR) is 302 cm³/mol. The Balaban J connectivity index is 0.0000130. The molecule has 0 aromatic heterocycles. The lowest BCUT2D eigenvalue weighted by Crippen LogP contribution is -3.00. The van der Waals surface area contributed by atoms with E-state index in [1.807, 2.05) is 0 Å². The van der Waals surface area contributed by atoms with Crippen molar-refractivity contribution in [1.82, 2.24) is 0 Å². The average molecular weight is 1100 g/mol. The van der Waals surface area contributed by atoms with Gasteiger partial charge in [-0.3, -0.25) is 0 Å². The van der Waals surface area contributed by atoms with Crippen molar-refractivity contribution in [2.24, 2.45) is 0 Å². The summed E-state index contributed by atoms with van der Waals surface area (Å²) in [6.07, 6.45) is 29.3. The molecule has 0 amide bonds. The molecule has 0 saturated heterocycles. The van der Waals surface area contributed by atoms with Crippen molar-refractivity contribution in [3.63, 3.8) is 0 Å². The molecule has 4 aromatic carbocycles. The number of methoxy groups -OCH3 is 4. The number of hydrogen-bond acceptors (Lipinski definition) is 8. The Labute approximate surface area is 446 Å². The number of nitrogens with zero attached hydrogens (tertiary/aromatic N) is 4. The van der Waals surface area contributed by atoms with Crippen LogP contribution in [0.25, 0.3) is 0 Å². The van der Waals surface area contributed by atoms with Crippen LogP contribution in [-0.2, 0) is 0 Å². The van der Waals surface area contributed by atoms with Gasteiger partial charge >= 0.3 is 7.87 Å². The number of unbranched alkanes of at least 4 members (excludes halogenated alkanes) is 20. The Morgan fingerprint density at radius 3 is 0.614 bits per heavy atom. The van der Waals surface area contributed by atoms with Crippen molar-refractivity contribution >= 4 is 30.6 Å². The second kappa shape index (κ2) is 36.4. The minimum absolute atomic E-state index is 0. The van der Waals surface area contributed by atoms with Crippen molar-refractivity contribution in [2.45, 2.75) is 182 Å². The Bertz CT molecular complexity index is 1590. The largest absolute Gasteiger partial charge is 1.00 e. The minimum atomic E-state index is -2.99. The summed E-state index contributed by atoms with van der Waals surface area (Å²) in [6, 6.07) is 36.2. The van der Waals surface area contributed by atoms with Crippen molar-refractivity contribution in [3.05, 3.63) is 97.1 Å². The molecule has 0 aliphatic heterocycles. The molecular formula is C60H96IN4O4P. The molecule has 0 N–H and O–H groups in total. The molecule has 0 atom stereocenters. The first kappa shape index (κ1) is 60.7. The Morgan fingerprint density at radius 1 is 0.271 bits per heavy atom. The first-order valence-corrected chi connectivity index (χ1v) is 29.1. The topological polar surface area (TPSA) is 49.9 Å². The van der Waals surface area contributed by atoms with E-state index in [0.29, 0.717) is 0 Å². The molecule has 10 heteroatoms. The maximum atomic E-state index is 5.89. The van der Waals surface area contributed by atoms with E-state index in [1.165, 1.54) is 151 Å². The molecule has 0 heterocycles. The normalized spacial score (nSPS) is 11.2. The zero-order valence-corrected chi connectivity index (χ0v) is 48.3. The van der Waals surface area contributed by atoms with Crippen molar-refractivity contribution in [1.29, 1.82) is 0 Å². The molecule has 0 saturated carbocycles. The number of rotatable bonds is 40. The van der Waals surface area contributed by atoms with E-state index in [4.69, 9.17) is 18.9 Å². The zero-order valence-electron chi connectivity index (χ0n) is 45.3. The fraction of sp³-hybridized carbons (Fsp3) is 0.600. The second-order valence-electron chi connectivity index (χ2n) is 18.9.